The number of rotatable bonds is 2. The quantitative estimate of drug-likeness (QED) is 0.712. The first-order valence-corrected chi connectivity index (χ1v) is 8.12. The lowest BCUT2D eigenvalue weighted by molar-refractivity contribution is 1.70. The second kappa shape index (κ2) is 4.48. The monoisotopic (exact) mass is 272 g/mol. The van der Waals surface area contributed by atoms with Crippen molar-refractivity contribution in [3.8, 4) is 0 Å². The molecule has 0 amide bonds. The van der Waals surface area contributed by atoms with E-state index in [1.54, 1.807) is 23.5 Å². The average molecular weight is 272 g/mol. The molecular weight excluding hydrogens is 260 g/mol. The molecule has 0 spiro atoms. The predicted molar refractivity (Wildman–Crippen MR) is 84.6 cm³/mol. The Kier molecular flexibility index (Phi) is 2.96. The van der Waals surface area contributed by atoms with Crippen molar-refractivity contribution in [3.63, 3.8) is 0 Å². The van der Waals surface area contributed by atoms with E-state index in [4.69, 9.17) is 0 Å². The van der Waals surface area contributed by atoms with Crippen molar-refractivity contribution in [1.29, 1.82) is 0 Å². The summed E-state index contributed by atoms with van der Waals surface area (Å²) >= 11 is 3.29. The van der Waals surface area contributed by atoms with E-state index in [2.05, 4.69) is 18.2 Å². The van der Waals surface area contributed by atoms with Gasteiger partial charge in [-0.15, -0.1) is 23.5 Å². The highest BCUT2D eigenvalue weighted by Crippen LogP contribution is 2.27. The smallest absolute Gasteiger partial charge is 0.195 e. The number of hydrogen-bond acceptors (Lipinski definition) is 3. The normalized spacial score (nSPS) is 11.4. The van der Waals surface area contributed by atoms with E-state index >= 15 is 0 Å². The van der Waals surface area contributed by atoms with Crippen LogP contribution in [0, 0.1) is 0 Å². The molecule has 3 aromatic carbocycles. The summed E-state index contributed by atoms with van der Waals surface area (Å²) in [7, 11) is 0. The van der Waals surface area contributed by atoms with E-state index < -0.39 is 0 Å². The number of thioether (sulfide) groups is 2. The van der Waals surface area contributed by atoms with Gasteiger partial charge < -0.3 is 0 Å². The van der Waals surface area contributed by atoms with Gasteiger partial charge >= 0.3 is 0 Å². The first kappa shape index (κ1) is 11.9. The maximum Gasteiger partial charge on any atom is 0.195 e. The van der Waals surface area contributed by atoms with Gasteiger partial charge in [-0.05, 0) is 23.3 Å². The van der Waals surface area contributed by atoms with Crippen molar-refractivity contribution in [2.24, 2.45) is 0 Å². The maximum atomic E-state index is 12.6. The van der Waals surface area contributed by atoms with E-state index in [-0.39, 0.29) is 5.43 Å². The number of benzene rings is 2. The Bertz CT molecular complexity index is 812. The predicted octanol–water partition coefficient (Wildman–Crippen LogP) is 3.30. The molecule has 0 atom stereocenters. The third-order valence-electron chi connectivity index (χ3n) is 3.22. The maximum absolute atomic E-state index is 12.6. The lowest BCUT2D eigenvalue weighted by Gasteiger charge is -1.98. The molecule has 90 valence electrons. The van der Waals surface area contributed by atoms with Crippen LogP contribution >= 0.6 is 23.5 Å². The minimum Gasteiger partial charge on any atom is -0.289 e. The molecule has 0 saturated heterocycles. The Labute approximate surface area is 114 Å². The summed E-state index contributed by atoms with van der Waals surface area (Å²) in [4.78, 5) is 12.6. The van der Waals surface area contributed by atoms with Crippen LogP contribution in [0.2, 0.25) is 0 Å². The summed E-state index contributed by atoms with van der Waals surface area (Å²) < 4.78 is 1.10. The van der Waals surface area contributed by atoms with Gasteiger partial charge in [-0.1, -0.05) is 36.4 Å². The van der Waals surface area contributed by atoms with Gasteiger partial charge in [0.1, 0.15) is 0 Å². The molecule has 0 radical (unpaired) electrons. The van der Waals surface area contributed by atoms with E-state index in [1.807, 2.05) is 30.7 Å². The molecule has 0 aliphatic carbocycles. The first-order chi connectivity index (χ1) is 8.77. The van der Waals surface area contributed by atoms with Crippen molar-refractivity contribution >= 4 is 49.3 Å². The third kappa shape index (κ3) is 1.54. The van der Waals surface area contributed by atoms with E-state index in [0.717, 1.165) is 31.0 Å². The van der Waals surface area contributed by atoms with Crippen molar-refractivity contribution in [2.45, 2.75) is 0 Å². The lowest BCUT2D eigenvalue weighted by atomic mass is 10.1. The van der Waals surface area contributed by atoms with Crippen molar-refractivity contribution in [1.82, 2.24) is 0 Å². The Balaban J connectivity index is 2.71. The zero-order valence-electron chi connectivity index (χ0n) is 10.2. The Hall–Kier alpha value is -1.19. The molecular formula is C15H12OS2. The zero-order valence-corrected chi connectivity index (χ0v) is 11.8. The molecule has 0 fully saturated rings. The van der Waals surface area contributed by atoms with Gasteiger partial charge in [-0.3, -0.25) is 4.79 Å². The van der Waals surface area contributed by atoms with Crippen LogP contribution in [0.1, 0.15) is 0 Å². The molecule has 0 saturated carbocycles. The summed E-state index contributed by atoms with van der Waals surface area (Å²) in [6.07, 6.45) is 4.05. The van der Waals surface area contributed by atoms with E-state index in [1.165, 1.54) is 0 Å². The summed E-state index contributed by atoms with van der Waals surface area (Å²) in [5.41, 5.74) is 0.167. The van der Waals surface area contributed by atoms with Gasteiger partial charge in [0, 0.05) is 10.8 Å². The first-order valence-electron chi connectivity index (χ1n) is 5.67. The molecule has 1 nitrogen and oxygen atoms in total. The molecule has 3 heteroatoms. The Morgan fingerprint density at radius 3 is 2.17 bits per heavy atom. The SMILES string of the molecule is CSC(SC)=c1c(=O)c2cccc3cccc1c32. The van der Waals surface area contributed by atoms with Gasteiger partial charge in [0.2, 0.25) is 0 Å². The largest absolute Gasteiger partial charge is 0.289 e. The molecule has 0 aliphatic heterocycles. The van der Waals surface area contributed by atoms with Crippen molar-refractivity contribution < 1.29 is 0 Å². The van der Waals surface area contributed by atoms with Gasteiger partial charge in [-0.25, -0.2) is 0 Å². The van der Waals surface area contributed by atoms with Gasteiger partial charge in [0.05, 0.1) is 9.46 Å². The molecule has 3 aromatic rings. The van der Waals surface area contributed by atoms with Crippen LogP contribution in [-0.2, 0) is 0 Å². The van der Waals surface area contributed by atoms with E-state index in [0.29, 0.717) is 0 Å². The molecule has 3 rings (SSSR count). The second-order valence-corrected chi connectivity index (χ2v) is 6.00. The summed E-state index contributed by atoms with van der Waals surface area (Å²) in [6.45, 7) is 0. The minimum absolute atomic E-state index is 0.167. The van der Waals surface area contributed by atoms with Crippen LogP contribution in [0.15, 0.2) is 41.2 Å². The molecule has 0 bridgehead atoms. The van der Waals surface area contributed by atoms with Crippen LogP contribution in [0.5, 0.6) is 0 Å². The Morgan fingerprint density at radius 1 is 0.944 bits per heavy atom. The highest BCUT2D eigenvalue weighted by Gasteiger charge is 2.12. The lowest BCUT2D eigenvalue weighted by Crippen LogP contribution is -2.20. The van der Waals surface area contributed by atoms with Crippen molar-refractivity contribution in [2.75, 3.05) is 12.5 Å². The van der Waals surface area contributed by atoms with Crippen LogP contribution in [0.3, 0.4) is 0 Å². The van der Waals surface area contributed by atoms with Crippen LogP contribution < -0.4 is 10.6 Å². The molecule has 0 unspecified atom stereocenters. The fourth-order valence-corrected chi connectivity index (χ4v) is 3.97. The second-order valence-electron chi connectivity index (χ2n) is 4.11. The van der Waals surface area contributed by atoms with E-state index in [9.17, 15) is 4.79 Å². The number of hydrogen-bond donors (Lipinski definition) is 0. The topological polar surface area (TPSA) is 17.1 Å². The molecule has 0 heterocycles. The summed E-state index contributed by atoms with van der Waals surface area (Å²) in [5, 5.41) is 5.07. The average Bonchev–Trinajstić information content (AvgIpc) is 2.69. The summed E-state index contributed by atoms with van der Waals surface area (Å²) in [6, 6.07) is 12.1. The fourth-order valence-electron chi connectivity index (χ4n) is 2.49. The van der Waals surface area contributed by atoms with Gasteiger partial charge in [0.15, 0.2) is 5.43 Å². The van der Waals surface area contributed by atoms with Crippen molar-refractivity contribution in [3.05, 3.63) is 51.8 Å². The van der Waals surface area contributed by atoms with Gasteiger partial charge in [-0.2, -0.15) is 0 Å². The Morgan fingerprint density at radius 2 is 1.56 bits per heavy atom. The molecule has 0 N–H and O–H groups in total. The minimum atomic E-state index is 0.167. The standard InChI is InChI=1S/C15H12OS2/c1-17-15(18-2)13-10-7-3-5-9-6-4-8-11(12(9)10)14(13)16/h3-8H,1-2H3. The van der Waals surface area contributed by atoms with Crippen LogP contribution in [0.4, 0.5) is 0 Å². The van der Waals surface area contributed by atoms with Gasteiger partial charge in [0.25, 0.3) is 0 Å². The molecule has 0 aromatic heterocycles. The highest BCUT2D eigenvalue weighted by molar-refractivity contribution is 8.29. The third-order valence-corrected chi connectivity index (χ3v) is 5.37. The van der Waals surface area contributed by atoms with Crippen LogP contribution in [0.25, 0.3) is 25.8 Å². The highest BCUT2D eigenvalue weighted by atomic mass is 32.2. The molecule has 18 heavy (non-hydrogen) atoms. The fraction of sp³-hybridized carbons (Fsp3) is 0.133. The summed E-state index contributed by atoms with van der Waals surface area (Å²) in [5.74, 6) is 0. The van der Waals surface area contributed by atoms with Crippen LogP contribution in [-0.4, -0.2) is 12.5 Å². The zero-order chi connectivity index (χ0) is 12.7. The molecule has 0 aliphatic rings.